The fourth-order valence-corrected chi connectivity index (χ4v) is 1.48. The van der Waals surface area contributed by atoms with E-state index in [1.165, 1.54) is 26.4 Å². The Labute approximate surface area is 111 Å². The second-order valence-corrected chi connectivity index (χ2v) is 3.69. The first-order chi connectivity index (χ1) is 9.22. The quantitative estimate of drug-likeness (QED) is 0.775. The van der Waals surface area contributed by atoms with Gasteiger partial charge in [0.25, 0.3) is 5.88 Å². The minimum Gasteiger partial charge on any atom is -0.491 e. The van der Waals surface area contributed by atoms with Gasteiger partial charge in [0.15, 0.2) is 5.75 Å². The number of rotatable bonds is 2. The van der Waals surface area contributed by atoms with E-state index in [1.54, 1.807) is 24.4 Å². The maximum absolute atomic E-state index is 12.7. The summed E-state index contributed by atoms with van der Waals surface area (Å²) < 4.78 is 22.9. The number of pyridine rings is 1. The molecule has 0 saturated carbocycles. The van der Waals surface area contributed by atoms with Crippen LogP contribution in [-0.2, 0) is 0 Å². The predicted molar refractivity (Wildman–Crippen MR) is 69.7 cm³/mol. The van der Waals surface area contributed by atoms with E-state index in [1.807, 2.05) is 0 Å². The molecule has 1 aromatic carbocycles. The Kier molecular flexibility index (Phi) is 3.99. The minimum atomic E-state index is -0.279. The molecule has 2 rings (SSSR count). The van der Waals surface area contributed by atoms with Crippen LogP contribution >= 0.6 is 0 Å². The Morgan fingerprint density at radius 3 is 2.32 bits per heavy atom. The maximum Gasteiger partial charge on any atom is 0.256 e. The van der Waals surface area contributed by atoms with E-state index in [2.05, 4.69) is 16.8 Å². The molecule has 0 saturated heterocycles. The fraction of sp³-hybridized carbons (Fsp3) is 0.133. The van der Waals surface area contributed by atoms with E-state index < -0.39 is 0 Å². The van der Waals surface area contributed by atoms with Gasteiger partial charge in [0.05, 0.1) is 14.2 Å². The van der Waals surface area contributed by atoms with Gasteiger partial charge in [-0.25, -0.2) is 9.37 Å². The van der Waals surface area contributed by atoms with Gasteiger partial charge in [-0.05, 0) is 24.3 Å². The van der Waals surface area contributed by atoms with Crippen molar-refractivity contribution in [3.63, 3.8) is 0 Å². The lowest BCUT2D eigenvalue weighted by molar-refractivity contribution is 0.343. The number of benzene rings is 1. The standard InChI is InChI=1S/C15H12FNO2/c1-18-14-9-12(10-17-15(14)19-2)4-3-11-5-7-13(16)8-6-11/h5-10H,1-2H3. The first-order valence-electron chi connectivity index (χ1n) is 5.58. The second-order valence-electron chi connectivity index (χ2n) is 3.69. The number of nitrogens with zero attached hydrogens (tertiary/aromatic N) is 1. The lowest BCUT2D eigenvalue weighted by Crippen LogP contribution is -1.94. The molecule has 0 bridgehead atoms. The minimum absolute atomic E-state index is 0.279. The van der Waals surface area contributed by atoms with Gasteiger partial charge in [-0.15, -0.1) is 0 Å². The molecule has 0 aliphatic heterocycles. The molecule has 0 unspecified atom stereocenters. The highest BCUT2D eigenvalue weighted by atomic mass is 19.1. The molecular formula is C15H12FNO2. The van der Waals surface area contributed by atoms with E-state index in [0.29, 0.717) is 17.2 Å². The first kappa shape index (κ1) is 12.9. The van der Waals surface area contributed by atoms with Crippen LogP contribution in [-0.4, -0.2) is 19.2 Å². The van der Waals surface area contributed by atoms with Crippen molar-refractivity contribution in [3.8, 4) is 23.5 Å². The van der Waals surface area contributed by atoms with Crippen molar-refractivity contribution >= 4 is 0 Å². The van der Waals surface area contributed by atoms with Crippen molar-refractivity contribution < 1.29 is 13.9 Å². The molecule has 0 radical (unpaired) electrons. The van der Waals surface area contributed by atoms with Crippen LogP contribution in [0.1, 0.15) is 11.1 Å². The second kappa shape index (κ2) is 5.87. The van der Waals surface area contributed by atoms with Crippen molar-refractivity contribution in [2.45, 2.75) is 0 Å². The van der Waals surface area contributed by atoms with Crippen molar-refractivity contribution in [2.24, 2.45) is 0 Å². The van der Waals surface area contributed by atoms with Crippen LogP contribution in [0.4, 0.5) is 4.39 Å². The molecular weight excluding hydrogens is 245 g/mol. The zero-order valence-electron chi connectivity index (χ0n) is 10.6. The van der Waals surface area contributed by atoms with Crippen LogP contribution in [0.2, 0.25) is 0 Å². The molecule has 1 aromatic heterocycles. The lowest BCUT2D eigenvalue weighted by Gasteiger charge is -2.05. The molecule has 0 aliphatic rings. The third kappa shape index (κ3) is 3.23. The van der Waals surface area contributed by atoms with Gasteiger partial charge in [0.1, 0.15) is 5.82 Å². The highest BCUT2D eigenvalue weighted by Gasteiger charge is 2.04. The zero-order valence-corrected chi connectivity index (χ0v) is 10.6. The van der Waals surface area contributed by atoms with E-state index in [0.717, 1.165) is 5.56 Å². The Morgan fingerprint density at radius 1 is 1.00 bits per heavy atom. The average molecular weight is 257 g/mol. The van der Waals surface area contributed by atoms with Gasteiger partial charge in [-0.2, -0.15) is 0 Å². The predicted octanol–water partition coefficient (Wildman–Crippen LogP) is 2.64. The Bertz CT molecular complexity index is 627. The van der Waals surface area contributed by atoms with E-state index in [9.17, 15) is 4.39 Å². The monoisotopic (exact) mass is 257 g/mol. The SMILES string of the molecule is COc1cc(C#Cc2ccc(F)cc2)cnc1OC. The smallest absolute Gasteiger partial charge is 0.256 e. The van der Waals surface area contributed by atoms with Crippen LogP contribution in [0.5, 0.6) is 11.6 Å². The molecule has 0 amide bonds. The van der Waals surface area contributed by atoms with Crippen molar-refractivity contribution in [1.82, 2.24) is 4.98 Å². The zero-order chi connectivity index (χ0) is 13.7. The van der Waals surface area contributed by atoms with Crippen LogP contribution < -0.4 is 9.47 Å². The summed E-state index contributed by atoms with van der Waals surface area (Å²) in [5.41, 5.74) is 1.43. The van der Waals surface area contributed by atoms with Crippen LogP contribution in [0.3, 0.4) is 0 Å². The normalized spacial score (nSPS) is 9.42. The highest BCUT2D eigenvalue weighted by molar-refractivity contribution is 5.46. The van der Waals surface area contributed by atoms with E-state index in [4.69, 9.17) is 9.47 Å². The van der Waals surface area contributed by atoms with Crippen molar-refractivity contribution in [1.29, 1.82) is 0 Å². The summed E-state index contributed by atoms with van der Waals surface area (Å²) in [6.07, 6.45) is 1.60. The number of hydrogen-bond donors (Lipinski definition) is 0. The van der Waals surface area contributed by atoms with Gasteiger partial charge in [0, 0.05) is 23.4 Å². The van der Waals surface area contributed by atoms with Gasteiger partial charge in [0.2, 0.25) is 0 Å². The Hall–Kier alpha value is -2.54. The molecule has 0 fully saturated rings. The van der Waals surface area contributed by atoms with Crippen molar-refractivity contribution in [2.75, 3.05) is 14.2 Å². The molecule has 3 nitrogen and oxygen atoms in total. The summed E-state index contributed by atoms with van der Waals surface area (Å²) >= 11 is 0. The fourth-order valence-electron chi connectivity index (χ4n) is 1.48. The molecule has 4 heteroatoms. The van der Waals surface area contributed by atoms with E-state index >= 15 is 0 Å². The van der Waals surface area contributed by atoms with Gasteiger partial charge >= 0.3 is 0 Å². The summed E-state index contributed by atoms with van der Waals surface area (Å²) in [5, 5.41) is 0. The summed E-state index contributed by atoms with van der Waals surface area (Å²) in [6.45, 7) is 0. The summed E-state index contributed by atoms with van der Waals surface area (Å²) in [4.78, 5) is 4.08. The summed E-state index contributed by atoms with van der Waals surface area (Å²) in [7, 11) is 3.06. The number of hydrogen-bond acceptors (Lipinski definition) is 3. The number of aromatic nitrogens is 1. The molecule has 0 spiro atoms. The molecule has 0 aliphatic carbocycles. The van der Waals surface area contributed by atoms with Crippen LogP contribution in [0.25, 0.3) is 0 Å². The highest BCUT2D eigenvalue weighted by Crippen LogP contribution is 2.23. The van der Waals surface area contributed by atoms with Crippen molar-refractivity contribution in [3.05, 3.63) is 53.5 Å². The van der Waals surface area contributed by atoms with Gasteiger partial charge in [-0.1, -0.05) is 11.8 Å². The topological polar surface area (TPSA) is 31.4 Å². The number of halogens is 1. The first-order valence-corrected chi connectivity index (χ1v) is 5.58. The molecule has 0 N–H and O–H groups in total. The number of methoxy groups -OCH3 is 2. The third-order valence-electron chi connectivity index (χ3n) is 2.43. The average Bonchev–Trinajstić information content (AvgIpc) is 2.46. The Morgan fingerprint density at radius 2 is 1.68 bits per heavy atom. The van der Waals surface area contributed by atoms with E-state index in [-0.39, 0.29) is 5.82 Å². The molecule has 2 aromatic rings. The summed E-state index contributed by atoms with van der Waals surface area (Å²) in [5.74, 6) is 6.51. The lowest BCUT2D eigenvalue weighted by atomic mass is 10.2. The maximum atomic E-state index is 12.7. The van der Waals surface area contributed by atoms with Crippen LogP contribution in [0, 0.1) is 17.7 Å². The molecule has 19 heavy (non-hydrogen) atoms. The Balaban J connectivity index is 2.27. The molecule has 1 heterocycles. The third-order valence-corrected chi connectivity index (χ3v) is 2.43. The van der Waals surface area contributed by atoms with Crippen LogP contribution in [0.15, 0.2) is 36.5 Å². The number of ether oxygens (including phenoxy) is 2. The van der Waals surface area contributed by atoms with Gasteiger partial charge in [-0.3, -0.25) is 0 Å². The molecule has 0 atom stereocenters. The molecule has 96 valence electrons. The largest absolute Gasteiger partial charge is 0.491 e. The van der Waals surface area contributed by atoms with Gasteiger partial charge < -0.3 is 9.47 Å². The summed E-state index contributed by atoms with van der Waals surface area (Å²) in [6, 6.07) is 7.73.